The SMILES string of the molecule is CC.COC(=O)CCN1C(=O)C2Cc3c(n(Cc4ccc(F)cc4)c4ccccc34)CN2C1=O. The molecule has 3 amide bonds. The number of rotatable bonds is 5. The number of hydrogen-bond donors (Lipinski definition) is 0. The van der Waals surface area contributed by atoms with Gasteiger partial charge in [0.2, 0.25) is 0 Å². The molecule has 2 aromatic carbocycles. The molecule has 8 heteroatoms. The Balaban J connectivity index is 0.00000133. The largest absolute Gasteiger partial charge is 0.469 e. The van der Waals surface area contributed by atoms with Gasteiger partial charge < -0.3 is 14.2 Å². The molecule has 0 spiro atoms. The summed E-state index contributed by atoms with van der Waals surface area (Å²) in [7, 11) is 1.28. The first-order valence-corrected chi connectivity index (χ1v) is 11.5. The van der Waals surface area contributed by atoms with E-state index >= 15 is 0 Å². The molecule has 3 aromatic rings. The molecular weight excluding hydrogens is 437 g/mol. The number of esters is 1. The topological polar surface area (TPSA) is 71.8 Å². The number of methoxy groups -OCH3 is 1. The summed E-state index contributed by atoms with van der Waals surface area (Å²) in [4.78, 5) is 40.3. The van der Waals surface area contributed by atoms with E-state index in [1.54, 1.807) is 17.0 Å². The van der Waals surface area contributed by atoms with Crippen LogP contribution in [0.25, 0.3) is 10.9 Å². The fourth-order valence-electron chi connectivity index (χ4n) is 4.73. The van der Waals surface area contributed by atoms with Crippen LogP contribution >= 0.6 is 0 Å². The van der Waals surface area contributed by atoms with Crippen molar-refractivity contribution in [1.29, 1.82) is 0 Å². The number of benzene rings is 2. The molecule has 1 unspecified atom stereocenters. The third-order valence-corrected chi connectivity index (χ3v) is 6.34. The minimum atomic E-state index is -0.572. The molecule has 0 radical (unpaired) electrons. The lowest BCUT2D eigenvalue weighted by Crippen LogP contribution is -2.40. The highest BCUT2D eigenvalue weighted by Gasteiger charge is 2.48. The fourth-order valence-corrected chi connectivity index (χ4v) is 4.73. The molecule has 2 aliphatic heterocycles. The number of fused-ring (bicyclic) bond motifs is 4. The Bertz CT molecular complexity index is 1230. The van der Waals surface area contributed by atoms with Gasteiger partial charge in [0.25, 0.3) is 5.91 Å². The maximum Gasteiger partial charge on any atom is 0.327 e. The predicted octanol–water partition coefficient (Wildman–Crippen LogP) is 4.11. The molecule has 1 aromatic heterocycles. The molecular formula is C26H28FN3O4. The lowest BCUT2D eigenvalue weighted by Gasteiger charge is -2.28. The summed E-state index contributed by atoms with van der Waals surface area (Å²) in [6.45, 7) is 4.84. The molecule has 1 saturated heterocycles. The van der Waals surface area contributed by atoms with Gasteiger partial charge in [0.05, 0.1) is 20.1 Å². The van der Waals surface area contributed by atoms with Crippen LogP contribution in [0.2, 0.25) is 0 Å². The smallest absolute Gasteiger partial charge is 0.327 e. The second-order valence-corrected chi connectivity index (χ2v) is 8.10. The summed E-state index contributed by atoms with van der Waals surface area (Å²) in [6.07, 6.45) is 0.396. The van der Waals surface area contributed by atoms with Crippen LogP contribution in [0.15, 0.2) is 48.5 Å². The first-order valence-electron chi connectivity index (χ1n) is 11.5. The first-order chi connectivity index (χ1) is 16.5. The van der Waals surface area contributed by atoms with E-state index in [0.717, 1.165) is 32.6 Å². The van der Waals surface area contributed by atoms with Gasteiger partial charge >= 0.3 is 12.0 Å². The first kappa shape index (κ1) is 23.5. The van der Waals surface area contributed by atoms with Crippen molar-refractivity contribution in [3.05, 3.63) is 71.2 Å². The van der Waals surface area contributed by atoms with E-state index in [-0.39, 0.29) is 30.7 Å². The van der Waals surface area contributed by atoms with Crippen LogP contribution in [0.5, 0.6) is 0 Å². The number of amides is 3. The lowest BCUT2D eigenvalue weighted by molar-refractivity contribution is -0.141. The second-order valence-electron chi connectivity index (χ2n) is 8.10. The van der Waals surface area contributed by atoms with Gasteiger partial charge in [0, 0.05) is 36.1 Å². The highest BCUT2D eigenvalue weighted by Crippen LogP contribution is 2.36. The van der Waals surface area contributed by atoms with Gasteiger partial charge in [-0.3, -0.25) is 14.5 Å². The summed E-state index contributed by atoms with van der Waals surface area (Å²) in [5.41, 5.74) is 3.99. The van der Waals surface area contributed by atoms with Crippen molar-refractivity contribution in [3.63, 3.8) is 0 Å². The van der Waals surface area contributed by atoms with Gasteiger partial charge in [-0.2, -0.15) is 0 Å². The number of aromatic nitrogens is 1. The van der Waals surface area contributed by atoms with Crippen LogP contribution < -0.4 is 0 Å². The van der Waals surface area contributed by atoms with Gasteiger partial charge in [-0.15, -0.1) is 0 Å². The second kappa shape index (κ2) is 9.67. The van der Waals surface area contributed by atoms with Gasteiger partial charge in [0.1, 0.15) is 11.9 Å². The lowest BCUT2D eigenvalue weighted by atomic mass is 9.97. The molecule has 178 valence electrons. The molecule has 34 heavy (non-hydrogen) atoms. The standard InChI is InChI=1S/C24H22FN3O4.C2H6/c1-32-22(29)10-11-26-23(30)20-12-18-17-4-2-3-5-19(17)27(21(18)14-28(20)24(26)31)13-15-6-8-16(25)9-7-15;1-2/h2-9,20H,10-14H2,1H3;1-2H3. The molecule has 0 aliphatic carbocycles. The van der Waals surface area contributed by atoms with Crippen molar-refractivity contribution in [1.82, 2.24) is 14.4 Å². The monoisotopic (exact) mass is 465 g/mol. The van der Waals surface area contributed by atoms with Crippen LogP contribution in [0.3, 0.4) is 0 Å². The molecule has 5 rings (SSSR count). The number of nitrogens with zero attached hydrogens (tertiary/aromatic N) is 3. The average Bonchev–Trinajstić information content (AvgIpc) is 3.30. The summed E-state index contributed by atoms with van der Waals surface area (Å²) >= 11 is 0. The molecule has 0 bridgehead atoms. The third-order valence-electron chi connectivity index (χ3n) is 6.34. The Morgan fingerprint density at radius 2 is 1.79 bits per heavy atom. The van der Waals surface area contributed by atoms with Crippen molar-refractivity contribution in [2.45, 2.75) is 45.8 Å². The number of para-hydroxylation sites is 1. The molecule has 3 heterocycles. The number of carbonyl (C=O) groups excluding carboxylic acids is 3. The number of imide groups is 1. The van der Waals surface area contributed by atoms with Crippen LogP contribution in [-0.2, 0) is 33.8 Å². The molecule has 7 nitrogen and oxygen atoms in total. The van der Waals surface area contributed by atoms with E-state index < -0.39 is 12.0 Å². The van der Waals surface area contributed by atoms with E-state index in [1.165, 1.54) is 19.2 Å². The van der Waals surface area contributed by atoms with E-state index in [4.69, 9.17) is 0 Å². The molecule has 0 N–H and O–H groups in total. The third kappa shape index (κ3) is 4.04. The van der Waals surface area contributed by atoms with Crippen molar-refractivity contribution in [2.24, 2.45) is 0 Å². The van der Waals surface area contributed by atoms with E-state index in [9.17, 15) is 18.8 Å². The number of ether oxygens (including phenoxy) is 1. The number of halogens is 1. The minimum Gasteiger partial charge on any atom is -0.469 e. The van der Waals surface area contributed by atoms with Crippen LogP contribution in [0, 0.1) is 5.82 Å². The quantitative estimate of drug-likeness (QED) is 0.420. The summed E-state index contributed by atoms with van der Waals surface area (Å²) in [5, 5.41) is 1.05. The predicted molar refractivity (Wildman–Crippen MR) is 126 cm³/mol. The highest BCUT2D eigenvalue weighted by atomic mass is 19.1. The van der Waals surface area contributed by atoms with Crippen LogP contribution in [-0.4, -0.2) is 52.0 Å². The van der Waals surface area contributed by atoms with Crippen molar-refractivity contribution < 1.29 is 23.5 Å². The summed E-state index contributed by atoms with van der Waals surface area (Å²) in [5.74, 6) is -1.03. The van der Waals surface area contributed by atoms with Crippen molar-refractivity contribution >= 4 is 28.8 Å². The Labute approximate surface area is 197 Å². The summed E-state index contributed by atoms with van der Waals surface area (Å²) < 4.78 is 20.2. The summed E-state index contributed by atoms with van der Waals surface area (Å²) in [6, 6.07) is 13.4. The Morgan fingerprint density at radius 1 is 1.09 bits per heavy atom. The molecule has 2 aliphatic rings. The molecule has 1 atom stereocenters. The zero-order valence-electron chi connectivity index (χ0n) is 19.6. The Hall–Kier alpha value is -3.68. The average molecular weight is 466 g/mol. The fraction of sp³-hybridized carbons (Fsp3) is 0.346. The molecule has 1 fully saturated rings. The van der Waals surface area contributed by atoms with Gasteiger partial charge in [-0.25, -0.2) is 9.18 Å². The number of hydrogen-bond acceptors (Lipinski definition) is 4. The minimum absolute atomic E-state index is 0.0118. The number of carbonyl (C=O) groups is 3. The van der Waals surface area contributed by atoms with E-state index in [1.807, 2.05) is 38.1 Å². The Kier molecular flexibility index (Phi) is 6.68. The van der Waals surface area contributed by atoms with E-state index in [2.05, 4.69) is 9.30 Å². The van der Waals surface area contributed by atoms with Crippen LogP contribution in [0.1, 0.15) is 37.1 Å². The molecule has 0 saturated carbocycles. The normalized spacial score (nSPS) is 16.8. The van der Waals surface area contributed by atoms with Crippen molar-refractivity contribution in [2.75, 3.05) is 13.7 Å². The highest BCUT2D eigenvalue weighted by molar-refractivity contribution is 6.05. The van der Waals surface area contributed by atoms with Gasteiger partial charge in [0.15, 0.2) is 0 Å². The zero-order valence-corrected chi connectivity index (χ0v) is 19.6. The maximum absolute atomic E-state index is 13.4. The van der Waals surface area contributed by atoms with Gasteiger partial charge in [-0.05, 0) is 29.3 Å². The Morgan fingerprint density at radius 3 is 2.50 bits per heavy atom. The van der Waals surface area contributed by atoms with E-state index in [0.29, 0.717) is 19.5 Å². The van der Waals surface area contributed by atoms with Crippen molar-refractivity contribution in [3.8, 4) is 0 Å². The van der Waals surface area contributed by atoms with Gasteiger partial charge in [-0.1, -0.05) is 44.2 Å². The number of urea groups is 1. The zero-order chi connectivity index (χ0) is 24.4. The maximum atomic E-state index is 13.4. The van der Waals surface area contributed by atoms with Crippen LogP contribution in [0.4, 0.5) is 9.18 Å².